The van der Waals surface area contributed by atoms with E-state index in [0.717, 1.165) is 49.4 Å². The summed E-state index contributed by atoms with van der Waals surface area (Å²) in [5.41, 5.74) is 1.55. The van der Waals surface area contributed by atoms with E-state index in [1.807, 2.05) is 30.8 Å². The zero-order valence-electron chi connectivity index (χ0n) is 17.1. The summed E-state index contributed by atoms with van der Waals surface area (Å²) in [6, 6.07) is 7.16. The molecule has 6 nitrogen and oxygen atoms in total. The summed E-state index contributed by atoms with van der Waals surface area (Å²) in [7, 11) is 3.67. The standard InChI is InChI=1S/C22H31N3O3/c1-4-28-15-17-11-16(5-8-20(17)27-3)14-25-18-6-7-19(25)13-22(26,12-18)21-23-9-10-24(21)2/h5,8-11,18-19,26H,4,6-7,12-15H2,1-3H3/t18-,19-/m1/s1. The minimum atomic E-state index is -0.819. The largest absolute Gasteiger partial charge is 0.496 e. The second-order valence-corrected chi connectivity index (χ2v) is 8.14. The Morgan fingerprint density at radius 3 is 2.61 bits per heavy atom. The summed E-state index contributed by atoms with van der Waals surface area (Å²) in [5, 5.41) is 11.3. The summed E-state index contributed by atoms with van der Waals surface area (Å²) >= 11 is 0. The van der Waals surface area contributed by atoms with Crippen molar-refractivity contribution in [1.82, 2.24) is 14.5 Å². The van der Waals surface area contributed by atoms with Gasteiger partial charge in [-0.25, -0.2) is 4.98 Å². The topological polar surface area (TPSA) is 59.8 Å². The van der Waals surface area contributed by atoms with Gasteiger partial charge in [0.2, 0.25) is 0 Å². The van der Waals surface area contributed by atoms with Crippen molar-refractivity contribution >= 4 is 0 Å². The van der Waals surface area contributed by atoms with E-state index in [1.54, 1.807) is 13.3 Å². The molecular weight excluding hydrogens is 354 g/mol. The molecule has 2 bridgehead atoms. The lowest BCUT2D eigenvalue weighted by atomic mass is 9.85. The Morgan fingerprint density at radius 1 is 1.25 bits per heavy atom. The number of aromatic nitrogens is 2. The number of fused-ring (bicyclic) bond motifs is 2. The van der Waals surface area contributed by atoms with Gasteiger partial charge in [-0.15, -0.1) is 0 Å². The molecule has 6 heteroatoms. The monoisotopic (exact) mass is 385 g/mol. The SMILES string of the molecule is CCOCc1cc(CN2[C@@H]3CC[C@@H]2CC(O)(c2nccn2C)C3)ccc1OC. The molecule has 2 aliphatic heterocycles. The van der Waals surface area contributed by atoms with Crippen LogP contribution >= 0.6 is 0 Å². The minimum absolute atomic E-state index is 0.387. The highest BCUT2D eigenvalue weighted by Crippen LogP contribution is 2.45. The quantitative estimate of drug-likeness (QED) is 0.794. The summed E-state index contributed by atoms with van der Waals surface area (Å²) in [6.07, 6.45) is 7.46. The molecule has 0 spiro atoms. The van der Waals surface area contributed by atoms with E-state index >= 15 is 0 Å². The molecule has 0 amide bonds. The van der Waals surface area contributed by atoms with Crippen LogP contribution in [0.4, 0.5) is 0 Å². The van der Waals surface area contributed by atoms with Crippen LogP contribution in [0.15, 0.2) is 30.6 Å². The molecule has 3 heterocycles. The van der Waals surface area contributed by atoms with Crippen LogP contribution in [0, 0.1) is 0 Å². The van der Waals surface area contributed by atoms with Gasteiger partial charge in [0.05, 0.1) is 13.7 Å². The summed E-state index contributed by atoms with van der Waals surface area (Å²) in [6.45, 7) is 4.16. The van der Waals surface area contributed by atoms with Crippen molar-refractivity contribution in [3.8, 4) is 5.75 Å². The van der Waals surface area contributed by atoms with Crippen LogP contribution in [-0.4, -0.2) is 45.4 Å². The Labute approximate surface area is 167 Å². The number of nitrogens with zero attached hydrogens (tertiary/aromatic N) is 3. The summed E-state index contributed by atoms with van der Waals surface area (Å²) < 4.78 is 13.0. The number of aryl methyl sites for hydroxylation is 1. The third-order valence-electron chi connectivity index (χ3n) is 6.33. The number of ether oxygens (including phenoxy) is 2. The zero-order valence-corrected chi connectivity index (χ0v) is 17.1. The summed E-state index contributed by atoms with van der Waals surface area (Å²) in [5.74, 6) is 1.68. The molecule has 1 aromatic carbocycles. The predicted octanol–water partition coefficient (Wildman–Crippen LogP) is 2.98. The first-order valence-electron chi connectivity index (χ1n) is 10.2. The first kappa shape index (κ1) is 19.4. The molecule has 4 rings (SSSR count). The van der Waals surface area contributed by atoms with Crippen LogP contribution in [0.25, 0.3) is 0 Å². The normalized spacial score (nSPS) is 27.3. The van der Waals surface area contributed by atoms with Crippen LogP contribution in [-0.2, 0) is 30.5 Å². The first-order chi connectivity index (χ1) is 13.5. The second-order valence-electron chi connectivity index (χ2n) is 8.14. The number of methoxy groups -OCH3 is 1. The highest BCUT2D eigenvalue weighted by Gasteiger charge is 2.49. The van der Waals surface area contributed by atoms with Gasteiger partial charge in [-0.05, 0) is 50.3 Å². The molecule has 2 aliphatic rings. The van der Waals surface area contributed by atoms with Crippen LogP contribution in [0.1, 0.15) is 49.6 Å². The Balaban J connectivity index is 1.51. The van der Waals surface area contributed by atoms with Crippen molar-refractivity contribution in [1.29, 1.82) is 0 Å². The maximum atomic E-state index is 11.3. The third-order valence-corrected chi connectivity index (χ3v) is 6.33. The first-order valence-corrected chi connectivity index (χ1v) is 10.2. The van der Waals surface area contributed by atoms with E-state index in [-0.39, 0.29) is 0 Å². The second kappa shape index (κ2) is 7.85. The van der Waals surface area contributed by atoms with Gasteiger partial charge in [0.15, 0.2) is 0 Å². The number of hydrogen-bond acceptors (Lipinski definition) is 5. The Hall–Kier alpha value is -1.89. The Bertz CT molecular complexity index is 805. The van der Waals surface area contributed by atoms with E-state index in [4.69, 9.17) is 9.47 Å². The molecule has 1 aromatic heterocycles. The van der Waals surface area contributed by atoms with Crippen molar-refractivity contribution in [3.63, 3.8) is 0 Å². The third kappa shape index (κ3) is 3.56. The van der Waals surface area contributed by atoms with Crippen molar-refractivity contribution in [3.05, 3.63) is 47.5 Å². The van der Waals surface area contributed by atoms with Crippen molar-refractivity contribution in [2.75, 3.05) is 13.7 Å². The number of hydrogen-bond donors (Lipinski definition) is 1. The molecule has 28 heavy (non-hydrogen) atoms. The van der Waals surface area contributed by atoms with Crippen LogP contribution < -0.4 is 4.74 Å². The molecule has 0 aliphatic carbocycles. The number of benzene rings is 1. The molecule has 2 fully saturated rings. The van der Waals surface area contributed by atoms with E-state index < -0.39 is 5.60 Å². The fourth-order valence-electron chi connectivity index (χ4n) is 5.04. The molecule has 2 aromatic rings. The number of rotatable bonds is 7. The van der Waals surface area contributed by atoms with Crippen molar-refractivity contribution in [2.45, 2.75) is 63.4 Å². The molecule has 0 unspecified atom stereocenters. The smallest absolute Gasteiger partial charge is 0.140 e. The molecule has 0 radical (unpaired) electrons. The lowest BCUT2D eigenvalue weighted by Crippen LogP contribution is -2.50. The average Bonchev–Trinajstić information content (AvgIpc) is 3.22. The molecule has 1 N–H and O–H groups in total. The Kier molecular flexibility index (Phi) is 5.45. The van der Waals surface area contributed by atoms with Gasteiger partial charge < -0.3 is 19.1 Å². The predicted molar refractivity (Wildman–Crippen MR) is 107 cm³/mol. The highest BCUT2D eigenvalue weighted by atomic mass is 16.5. The van der Waals surface area contributed by atoms with Gasteiger partial charge in [0, 0.05) is 50.2 Å². The van der Waals surface area contributed by atoms with Gasteiger partial charge in [-0.3, -0.25) is 4.90 Å². The highest BCUT2D eigenvalue weighted by molar-refractivity contribution is 5.37. The molecule has 152 valence electrons. The van der Waals surface area contributed by atoms with Gasteiger partial charge in [0.25, 0.3) is 0 Å². The lowest BCUT2D eigenvalue weighted by molar-refractivity contribution is -0.0669. The molecule has 2 saturated heterocycles. The maximum absolute atomic E-state index is 11.3. The number of piperidine rings is 1. The van der Waals surface area contributed by atoms with Gasteiger partial charge in [-0.1, -0.05) is 6.07 Å². The zero-order chi connectivity index (χ0) is 19.7. The van der Waals surface area contributed by atoms with Crippen LogP contribution in [0.3, 0.4) is 0 Å². The van der Waals surface area contributed by atoms with Gasteiger partial charge >= 0.3 is 0 Å². The molecular formula is C22H31N3O3. The van der Waals surface area contributed by atoms with Crippen molar-refractivity contribution in [2.24, 2.45) is 7.05 Å². The summed E-state index contributed by atoms with van der Waals surface area (Å²) in [4.78, 5) is 7.02. The van der Waals surface area contributed by atoms with E-state index in [2.05, 4.69) is 22.0 Å². The number of imidazole rings is 1. The minimum Gasteiger partial charge on any atom is -0.496 e. The lowest BCUT2D eigenvalue weighted by Gasteiger charge is -2.43. The van der Waals surface area contributed by atoms with Crippen LogP contribution in [0.5, 0.6) is 5.75 Å². The van der Waals surface area contributed by atoms with E-state index in [1.165, 1.54) is 5.56 Å². The number of aliphatic hydroxyl groups is 1. The molecule has 0 saturated carbocycles. The van der Waals surface area contributed by atoms with Gasteiger partial charge in [0.1, 0.15) is 17.2 Å². The Morgan fingerprint density at radius 2 is 2.00 bits per heavy atom. The van der Waals surface area contributed by atoms with Crippen LogP contribution in [0.2, 0.25) is 0 Å². The fraction of sp³-hybridized carbons (Fsp3) is 0.591. The maximum Gasteiger partial charge on any atom is 0.140 e. The van der Waals surface area contributed by atoms with Gasteiger partial charge in [-0.2, -0.15) is 0 Å². The molecule has 2 atom stereocenters. The van der Waals surface area contributed by atoms with E-state index in [0.29, 0.717) is 25.3 Å². The fourth-order valence-corrected chi connectivity index (χ4v) is 5.04. The average molecular weight is 386 g/mol. The van der Waals surface area contributed by atoms with Crippen molar-refractivity contribution < 1.29 is 14.6 Å². The van der Waals surface area contributed by atoms with E-state index in [9.17, 15) is 5.11 Å².